The number of amides is 1. The van der Waals surface area contributed by atoms with E-state index in [0.717, 1.165) is 19.9 Å². The van der Waals surface area contributed by atoms with Gasteiger partial charge in [-0.3, -0.25) is 14.9 Å². The molecule has 0 saturated heterocycles. The molecule has 9 heteroatoms. The zero-order valence-electron chi connectivity index (χ0n) is 20.0. The highest BCUT2D eigenvalue weighted by Gasteiger charge is 2.16. The van der Waals surface area contributed by atoms with Gasteiger partial charge in [0.05, 0.1) is 27.7 Å². The third kappa shape index (κ3) is 6.62. The first kappa shape index (κ1) is 26.1. The van der Waals surface area contributed by atoms with Crippen molar-refractivity contribution in [3.63, 3.8) is 0 Å². The average Bonchev–Trinajstić information content (AvgIpc) is 2.88. The van der Waals surface area contributed by atoms with Crippen molar-refractivity contribution < 1.29 is 19.2 Å². The molecular formula is C28H24IN3O5. The van der Waals surface area contributed by atoms with Gasteiger partial charge in [-0.15, -0.1) is 0 Å². The van der Waals surface area contributed by atoms with E-state index in [2.05, 4.69) is 51.3 Å². The number of halogens is 1. The number of rotatable bonds is 10. The molecule has 0 unspecified atom stereocenters. The first-order chi connectivity index (χ1) is 18.0. The van der Waals surface area contributed by atoms with Gasteiger partial charge in [0.15, 0.2) is 11.5 Å². The monoisotopic (exact) mass is 609 g/mol. The molecule has 4 aromatic rings. The van der Waals surface area contributed by atoms with Crippen LogP contribution in [0.25, 0.3) is 10.8 Å². The van der Waals surface area contributed by atoms with Gasteiger partial charge in [-0.05, 0) is 63.5 Å². The van der Waals surface area contributed by atoms with E-state index < -0.39 is 10.8 Å². The maximum atomic E-state index is 12.3. The fourth-order valence-corrected chi connectivity index (χ4v) is 4.64. The number of nitrogens with one attached hydrogen (secondary N) is 1. The van der Waals surface area contributed by atoms with E-state index in [1.54, 1.807) is 24.3 Å². The molecule has 4 aromatic carbocycles. The molecule has 0 bridgehead atoms. The highest BCUT2D eigenvalue weighted by Crippen LogP contribution is 2.35. The van der Waals surface area contributed by atoms with E-state index in [4.69, 9.17) is 9.47 Å². The largest absolute Gasteiger partial charge is 0.490 e. The molecule has 0 aliphatic heterocycles. The molecule has 188 valence electrons. The summed E-state index contributed by atoms with van der Waals surface area (Å²) in [5, 5.41) is 17.5. The highest BCUT2D eigenvalue weighted by molar-refractivity contribution is 14.1. The zero-order chi connectivity index (χ0) is 26.2. The van der Waals surface area contributed by atoms with Crippen LogP contribution in [0.2, 0.25) is 0 Å². The second-order valence-corrected chi connectivity index (χ2v) is 9.21. The third-order valence-corrected chi connectivity index (χ3v) is 6.33. The van der Waals surface area contributed by atoms with Gasteiger partial charge in [0, 0.05) is 11.6 Å². The first-order valence-electron chi connectivity index (χ1n) is 11.6. The van der Waals surface area contributed by atoms with E-state index in [1.165, 1.54) is 12.3 Å². The van der Waals surface area contributed by atoms with Crippen molar-refractivity contribution >= 4 is 51.2 Å². The first-order valence-corrected chi connectivity index (χ1v) is 12.6. The molecule has 0 aliphatic rings. The van der Waals surface area contributed by atoms with Crippen LogP contribution in [0.15, 0.2) is 84.0 Å². The van der Waals surface area contributed by atoms with E-state index >= 15 is 0 Å². The number of fused-ring (bicyclic) bond motifs is 1. The molecule has 8 nitrogen and oxygen atoms in total. The molecule has 0 spiro atoms. The molecule has 0 atom stereocenters. The van der Waals surface area contributed by atoms with Crippen molar-refractivity contribution in [1.82, 2.24) is 5.43 Å². The molecule has 37 heavy (non-hydrogen) atoms. The molecule has 1 amide bonds. The molecule has 1 N–H and O–H groups in total. The topological polar surface area (TPSA) is 103 Å². The van der Waals surface area contributed by atoms with Gasteiger partial charge in [-0.25, -0.2) is 5.43 Å². The number of carbonyl (C=O) groups is 1. The minimum Gasteiger partial charge on any atom is -0.490 e. The van der Waals surface area contributed by atoms with Crippen LogP contribution in [0.4, 0.5) is 5.69 Å². The van der Waals surface area contributed by atoms with Crippen LogP contribution in [0, 0.1) is 13.7 Å². The minimum atomic E-state index is -0.507. The number of carbonyl (C=O) groups excluding carboxylic acids is 1. The van der Waals surface area contributed by atoms with E-state index in [9.17, 15) is 14.9 Å². The van der Waals surface area contributed by atoms with Gasteiger partial charge in [-0.1, -0.05) is 60.7 Å². The summed E-state index contributed by atoms with van der Waals surface area (Å²) in [6.07, 6.45) is 1.34. The lowest BCUT2D eigenvalue weighted by Gasteiger charge is -2.15. The quantitative estimate of drug-likeness (QED) is 0.103. The summed E-state index contributed by atoms with van der Waals surface area (Å²) >= 11 is 2.18. The number of hydrazone groups is 1. The number of nitrogens with zero attached hydrogens (tertiary/aromatic N) is 2. The van der Waals surface area contributed by atoms with Crippen molar-refractivity contribution in [3.8, 4) is 11.5 Å². The Morgan fingerprint density at radius 3 is 2.57 bits per heavy atom. The summed E-state index contributed by atoms with van der Waals surface area (Å²) in [4.78, 5) is 22.9. The Labute approximate surface area is 227 Å². The molecule has 0 saturated carbocycles. The van der Waals surface area contributed by atoms with Gasteiger partial charge < -0.3 is 9.47 Å². The lowest BCUT2D eigenvalue weighted by atomic mass is 10.1. The number of hydrogen-bond acceptors (Lipinski definition) is 6. The zero-order valence-corrected chi connectivity index (χ0v) is 22.2. The lowest BCUT2D eigenvalue weighted by Crippen LogP contribution is -2.20. The summed E-state index contributed by atoms with van der Waals surface area (Å²) < 4.78 is 12.9. The predicted molar refractivity (Wildman–Crippen MR) is 151 cm³/mol. The Hall–Kier alpha value is -3.99. The van der Waals surface area contributed by atoms with Crippen LogP contribution >= 0.6 is 22.6 Å². The highest BCUT2D eigenvalue weighted by atomic mass is 127. The SMILES string of the molecule is CCOc1cc(/C=N/NC(=O)Cc2ccccc2[N+](=O)[O-])cc(I)c1OCc1cccc2ccccc12. The van der Waals surface area contributed by atoms with Crippen molar-refractivity contribution in [3.05, 3.63) is 109 Å². The summed E-state index contributed by atoms with van der Waals surface area (Å²) in [6, 6.07) is 24.1. The van der Waals surface area contributed by atoms with Gasteiger partial charge in [0.1, 0.15) is 6.61 Å². The molecule has 0 heterocycles. The Balaban J connectivity index is 1.46. The second-order valence-electron chi connectivity index (χ2n) is 8.05. The van der Waals surface area contributed by atoms with Crippen molar-refractivity contribution in [1.29, 1.82) is 0 Å². The van der Waals surface area contributed by atoms with Gasteiger partial charge in [0.2, 0.25) is 5.91 Å². The fraction of sp³-hybridized carbons (Fsp3) is 0.143. The predicted octanol–water partition coefficient (Wildman–Crippen LogP) is 6.02. The summed E-state index contributed by atoms with van der Waals surface area (Å²) in [5.41, 5.74) is 4.43. The standard InChI is InChI=1S/C28H24IN3O5/c1-2-36-26-15-19(17-30-31-27(33)16-21-9-4-6-13-25(21)32(34)35)14-24(29)28(26)37-18-22-11-7-10-20-8-3-5-12-23(20)22/h3-15,17H,2,16,18H2,1H3,(H,31,33)/b30-17+. The Bertz CT molecular complexity index is 1470. The third-order valence-electron chi connectivity index (χ3n) is 5.53. The van der Waals surface area contributed by atoms with Crippen LogP contribution in [0.1, 0.15) is 23.6 Å². The minimum absolute atomic E-state index is 0.100. The Morgan fingerprint density at radius 2 is 1.76 bits per heavy atom. The fourth-order valence-electron chi connectivity index (χ4n) is 3.86. The van der Waals surface area contributed by atoms with E-state index in [-0.39, 0.29) is 12.1 Å². The van der Waals surface area contributed by atoms with Crippen LogP contribution in [-0.4, -0.2) is 23.7 Å². The summed E-state index contributed by atoms with van der Waals surface area (Å²) in [6.45, 7) is 2.73. The molecule has 4 rings (SSSR count). The molecular weight excluding hydrogens is 585 g/mol. The van der Waals surface area contributed by atoms with Crippen LogP contribution in [0.3, 0.4) is 0 Å². The van der Waals surface area contributed by atoms with Crippen molar-refractivity contribution in [2.24, 2.45) is 5.10 Å². The number of benzene rings is 4. The van der Waals surface area contributed by atoms with Gasteiger partial charge >= 0.3 is 0 Å². The molecule has 0 aromatic heterocycles. The second kappa shape index (κ2) is 12.3. The van der Waals surface area contributed by atoms with Gasteiger partial charge in [0.25, 0.3) is 5.69 Å². The molecule has 0 fully saturated rings. The van der Waals surface area contributed by atoms with Crippen molar-refractivity contribution in [2.45, 2.75) is 20.0 Å². The number of nitro benzene ring substituents is 1. The number of hydrogen-bond donors (Lipinski definition) is 1. The average molecular weight is 609 g/mol. The maximum Gasteiger partial charge on any atom is 0.273 e. The lowest BCUT2D eigenvalue weighted by molar-refractivity contribution is -0.385. The van der Waals surface area contributed by atoms with E-state index in [0.29, 0.717) is 35.8 Å². The normalized spacial score (nSPS) is 11.0. The van der Waals surface area contributed by atoms with Crippen molar-refractivity contribution in [2.75, 3.05) is 6.61 Å². The number of nitro groups is 1. The molecule has 0 aliphatic carbocycles. The van der Waals surface area contributed by atoms with E-state index in [1.807, 2.05) is 37.3 Å². The summed E-state index contributed by atoms with van der Waals surface area (Å²) in [5.74, 6) is 0.746. The Morgan fingerprint density at radius 1 is 1.03 bits per heavy atom. The smallest absolute Gasteiger partial charge is 0.273 e. The summed E-state index contributed by atoms with van der Waals surface area (Å²) in [7, 11) is 0. The number of para-hydroxylation sites is 1. The van der Waals surface area contributed by atoms with Crippen LogP contribution in [-0.2, 0) is 17.8 Å². The number of ether oxygens (including phenoxy) is 2. The van der Waals surface area contributed by atoms with Gasteiger partial charge in [-0.2, -0.15) is 5.10 Å². The maximum absolute atomic E-state index is 12.3. The Kier molecular flexibility index (Phi) is 8.68. The van der Waals surface area contributed by atoms with Crippen LogP contribution in [0.5, 0.6) is 11.5 Å². The molecule has 0 radical (unpaired) electrons. The van der Waals surface area contributed by atoms with Crippen LogP contribution < -0.4 is 14.9 Å².